The predicted octanol–water partition coefficient (Wildman–Crippen LogP) is 2.60. The zero-order chi connectivity index (χ0) is 19.0. The average Bonchev–Trinajstić information content (AvgIpc) is 3.28. The fourth-order valence-corrected chi connectivity index (χ4v) is 3.40. The molecule has 0 saturated carbocycles. The van der Waals surface area contributed by atoms with Crippen molar-refractivity contribution in [2.75, 3.05) is 18.4 Å². The summed E-state index contributed by atoms with van der Waals surface area (Å²) in [4.78, 5) is 22.6. The fourth-order valence-electron chi connectivity index (χ4n) is 3.40. The number of rotatable bonds is 4. The smallest absolute Gasteiger partial charge is 0.219 e. The minimum Gasteiger partial charge on any atom is -0.343 e. The summed E-state index contributed by atoms with van der Waals surface area (Å²) in [5, 5.41) is 15.0. The average molecular weight is 368 g/mol. The van der Waals surface area contributed by atoms with Gasteiger partial charge in [0.1, 0.15) is 5.52 Å². The lowest BCUT2D eigenvalue weighted by Gasteiger charge is -2.31. The number of H-pyrrole nitrogens is 1. The maximum absolute atomic E-state index is 11.5. The van der Waals surface area contributed by atoms with E-state index in [9.17, 15) is 4.79 Å². The lowest BCUT2D eigenvalue weighted by atomic mass is 10.1. The number of aromatic nitrogens is 6. The van der Waals surface area contributed by atoms with Crippen molar-refractivity contribution in [2.45, 2.75) is 45.6 Å². The molecular formula is C18H24N8O. The Labute approximate surface area is 157 Å². The molecule has 1 amide bonds. The van der Waals surface area contributed by atoms with Gasteiger partial charge in [-0.25, -0.2) is 14.6 Å². The van der Waals surface area contributed by atoms with Gasteiger partial charge in [0, 0.05) is 31.8 Å². The zero-order valence-corrected chi connectivity index (χ0v) is 15.8. The number of carbonyl (C=O) groups excluding carboxylic acids is 1. The SMILES string of the molecule is CC(=O)N1CCC(n2ncc3ncc(Nc4cc(C(C)C)[nH]n4)nc32)CC1. The molecule has 0 atom stereocenters. The normalized spacial score (nSPS) is 15.6. The van der Waals surface area contributed by atoms with Gasteiger partial charge in [-0.3, -0.25) is 9.89 Å². The Kier molecular flexibility index (Phi) is 4.51. The van der Waals surface area contributed by atoms with Crippen molar-refractivity contribution >= 4 is 28.7 Å². The zero-order valence-electron chi connectivity index (χ0n) is 15.8. The summed E-state index contributed by atoms with van der Waals surface area (Å²) < 4.78 is 1.94. The maximum Gasteiger partial charge on any atom is 0.219 e. The Morgan fingerprint density at radius 3 is 2.70 bits per heavy atom. The van der Waals surface area contributed by atoms with Crippen molar-refractivity contribution in [3.8, 4) is 0 Å². The number of piperidine rings is 1. The summed E-state index contributed by atoms with van der Waals surface area (Å²) in [5.41, 5.74) is 2.58. The Morgan fingerprint density at radius 2 is 2.04 bits per heavy atom. The van der Waals surface area contributed by atoms with E-state index in [-0.39, 0.29) is 11.9 Å². The van der Waals surface area contributed by atoms with E-state index in [1.807, 2.05) is 15.6 Å². The molecule has 4 heterocycles. The van der Waals surface area contributed by atoms with Crippen molar-refractivity contribution in [3.63, 3.8) is 0 Å². The molecule has 1 fully saturated rings. The van der Waals surface area contributed by atoms with Crippen LogP contribution in [0, 0.1) is 0 Å². The number of amides is 1. The third-order valence-electron chi connectivity index (χ3n) is 5.03. The van der Waals surface area contributed by atoms with Crippen LogP contribution in [-0.2, 0) is 4.79 Å². The summed E-state index contributed by atoms with van der Waals surface area (Å²) in [5.74, 6) is 1.86. The van der Waals surface area contributed by atoms with Crippen LogP contribution in [0.2, 0.25) is 0 Å². The minimum atomic E-state index is 0.129. The van der Waals surface area contributed by atoms with E-state index >= 15 is 0 Å². The molecule has 3 aromatic heterocycles. The van der Waals surface area contributed by atoms with Crippen LogP contribution < -0.4 is 5.32 Å². The van der Waals surface area contributed by atoms with Crippen molar-refractivity contribution in [1.82, 2.24) is 34.8 Å². The van der Waals surface area contributed by atoms with Crippen LogP contribution in [-0.4, -0.2) is 53.8 Å². The number of hydrogen-bond acceptors (Lipinski definition) is 6. The predicted molar refractivity (Wildman–Crippen MR) is 102 cm³/mol. The first-order valence-corrected chi connectivity index (χ1v) is 9.29. The second-order valence-electron chi connectivity index (χ2n) is 7.28. The first kappa shape index (κ1) is 17.4. The number of anilines is 2. The largest absolute Gasteiger partial charge is 0.343 e. The highest BCUT2D eigenvalue weighted by Crippen LogP contribution is 2.26. The van der Waals surface area contributed by atoms with Crippen LogP contribution in [0.15, 0.2) is 18.5 Å². The number of likely N-dealkylation sites (tertiary alicyclic amines) is 1. The molecular weight excluding hydrogens is 344 g/mol. The number of nitrogens with zero attached hydrogens (tertiary/aromatic N) is 6. The fraction of sp³-hybridized carbons (Fsp3) is 0.500. The summed E-state index contributed by atoms with van der Waals surface area (Å²) in [6.45, 7) is 7.33. The van der Waals surface area contributed by atoms with Crippen LogP contribution in [0.1, 0.15) is 51.3 Å². The summed E-state index contributed by atoms with van der Waals surface area (Å²) in [6.07, 6.45) is 5.17. The molecule has 0 spiro atoms. The van der Waals surface area contributed by atoms with Crippen molar-refractivity contribution in [1.29, 1.82) is 0 Å². The van der Waals surface area contributed by atoms with E-state index in [1.54, 1.807) is 19.3 Å². The van der Waals surface area contributed by atoms with Gasteiger partial charge in [0.05, 0.1) is 18.4 Å². The highest BCUT2D eigenvalue weighted by molar-refractivity contribution is 5.73. The second-order valence-corrected chi connectivity index (χ2v) is 7.28. The third-order valence-corrected chi connectivity index (χ3v) is 5.03. The van der Waals surface area contributed by atoms with Gasteiger partial charge in [0.25, 0.3) is 0 Å². The molecule has 2 N–H and O–H groups in total. The van der Waals surface area contributed by atoms with E-state index < -0.39 is 0 Å². The number of nitrogens with one attached hydrogen (secondary N) is 2. The van der Waals surface area contributed by atoms with E-state index in [0.717, 1.165) is 42.8 Å². The van der Waals surface area contributed by atoms with E-state index in [2.05, 4.69) is 39.4 Å². The van der Waals surface area contributed by atoms with Crippen LogP contribution in [0.5, 0.6) is 0 Å². The Hall–Kier alpha value is -2.97. The van der Waals surface area contributed by atoms with Gasteiger partial charge < -0.3 is 10.2 Å². The van der Waals surface area contributed by atoms with Gasteiger partial charge in [-0.15, -0.1) is 0 Å². The standard InChI is InChI=1S/C18H24N8O/c1-11(2)14-8-16(24-23-14)21-17-10-19-15-9-20-26(18(15)22-17)13-4-6-25(7-5-13)12(3)27/h8-11,13H,4-7H2,1-3H3,(H2,21,22,23,24). The third kappa shape index (κ3) is 3.49. The molecule has 0 bridgehead atoms. The first-order chi connectivity index (χ1) is 13.0. The molecule has 9 nitrogen and oxygen atoms in total. The summed E-state index contributed by atoms with van der Waals surface area (Å²) in [6, 6.07) is 2.20. The van der Waals surface area contributed by atoms with Gasteiger partial charge in [0.2, 0.25) is 5.91 Å². The monoisotopic (exact) mass is 368 g/mol. The van der Waals surface area contributed by atoms with E-state index in [1.165, 1.54) is 0 Å². The molecule has 0 radical (unpaired) electrons. The molecule has 0 aliphatic carbocycles. The maximum atomic E-state index is 11.5. The van der Waals surface area contributed by atoms with Crippen LogP contribution in [0.25, 0.3) is 11.2 Å². The molecule has 0 aromatic carbocycles. The minimum absolute atomic E-state index is 0.129. The molecule has 4 rings (SSSR count). The lowest BCUT2D eigenvalue weighted by Crippen LogP contribution is -2.37. The lowest BCUT2D eigenvalue weighted by molar-refractivity contribution is -0.130. The molecule has 1 aliphatic rings. The summed E-state index contributed by atoms with van der Waals surface area (Å²) >= 11 is 0. The Morgan fingerprint density at radius 1 is 1.26 bits per heavy atom. The molecule has 0 unspecified atom stereocenters. The topological polar surface area (TPSA) is 105 Å². The number of aromatic amines is 1. The highest BCUT2D eigenvalue weighted by atomic mass is 16.2. The van der Waals surface area contributed by atoms with Gasteiger partial charge in [0.15, 0.2) is 17.3 Å². The molecule has 9 heteroatoms. The number of carbonyl (C=O) groups is 1. The highest BCUT2D eigenvalue weighted by Gasteiger charge is 2.24. The van der Waals surface area contributed by atoms with Crippen molar-refractivity contribution in [3.05, 3.63) is 24.2 Å². The Bertz CT molecular complexity index is 951. The van der Waals surface area contributed by atoms with Gasteiger partial charge in [-0.2, -0.15) is 10.2 Å². The van der Waals surface area contributed by atoms with Crippen molar-refractivity contribution < 1.29 is 4.79 Å². The first-order valence-electron chi connectivity index (χ1n) is 9.29. The van der Waals surface area contributed by atoms with Gasteiger partial charge in [-0.05, 0) is 18.8 Å². The van der Waals surface area contributed by atoms with Gasteiger partial charge >= 0.3 is 0 Å². The molecule has 3 aromatic rings. The van der Waals surface area contributed by atoms with E-state index in [4.69, 9.17) is 4.98 Å². The molecule has 1 aliphatic heterocycles. The summed E-state index contributed by atoms with van der Waals surface area (Å²) in [7, 11) is 0. The van der Waals surface area contributed by atoms with Crippen LogP contribution >= 0.6 is 0 Å². The van der Waals surface area contributed by atoms with Crippen LogP contribution in [0.4, 0.5) is 11.6 Å². The van der Waals surface area contributed by atoms with Gasteiger partial charge in [-0.1, -0.05) is 13.8 Å². The van der Waals surface area contributed by atoms with Crippen molar-refractivity contribution in [2.24, 2.45) is 0 Å². The Balaban J connectivity index is 1.55. The molecule has 142 valence electrons. The quantitative estimate of drug-likeness (QED) is 0.733. The van der Waals surface area contributed by atoms with Crippen LogP contribution in [0.3, 0.4) is 0 Å². The van der Waals surface area contributed by atoms with E-state index in [0.29, 0.717) is 17.6 Å². The molecule has 1 saturated heterocycles. The second kappa shape index (κ2) is 6.98. The number of hydrogen-bond donors (Lipinski definition) is 2. The number of fused-ring (bicyclic) bond motifs is 1. The molecule has 27 heavy (non-hydrogen) atoms.